The first-order valence-corrected chi connectivity index (χ1v) is 7.28. The lowest BCUT2D eigenvalue weighted by atomic mass is 10.1. The fraction of sp³-hybridized carbons (Fsp3) is 0.533. The normalized spacial score (nSPS) is 15.8. The molecular formula is C15H21ClN2O2. The lowest BCUT2D eigenvalue weighted by Crippen LogP contribution is -2.33. The number of amides is 1. The summed E-state index contributed by atoms with van der Waals surface area (Å²) in [5.74, 6) is 0.559. The molecule has 1 unspecified atom stereocenters. The van der Waals surface area contributed by atoms with Crippen molar-refractivity contribution in [2.24, 2.45) is 5.73 Å². The van der Waals surface area contributed by atoms with Gasteiger partial charge in [-0.2, -0.15) is 0 Å². The maximum atomic E-state index is 12.0. The Morgan fingerprint density at radius 3 is 2.85 bits per heavy atom. The standard InChI is InChI=1S/C15H21ClN2O2/c1-10(17)8-11-4-3-5-13(16)15(11)20-9-14(19)18(2)12-6-7-12/h3-5,10,12H,6-9,17H2,1-2H3. The molecule has 1 saturated carbocycles. The summed E-state index contributed by atoms with van der Waals surface area (Å²) >= 11 is 6.16. The molecule has 0 bridgehead atoms. The molecule has 4 nitrogen and oxygen atoms in total. The van der Waals surface area contributed by atoms with Crippen molar-refractivity contribution in [2.75, 3.05) is 13.7 Å². The van der Waals surface area contributed by atoms with E-state index in [0.29, 0.717) is 23.2 Å². The molecule has 1 aromatic carbocycles. The Balaban J connectivity index is 2.02. The molecule has 1 aliphatic carbocycles. The molecular weight excluding hydrogens is 276 g/mol. The summed E-state index contributed by atoms with van der Waals surface area (Å²) in [7, 11) is 1.82. The second kappa shape index (κ2) is 6.46. The Morgan fingerprint density at radius 1 is 1.55 bits per heavy atom. The monoisotopic (exact) mass is 296 g/mol. The van der Waals surface area contributed by atoms with Gasteiger partial charge in [0, 0.05) is 19.1 Å². The number of hydrogen-bond donors (Lipinski definition) is 1. The van der Waals surface area contributed by atoms with Crippen LogP contribution in [-0.2, 0) is 11.2 Å². The molecule has 110 valence electrons. The number of carbonyl (C=O) groups excluding carboxylic acids is 1. The van der Waals surface area contributed by atoms with Crippen molar-refractivity contribution < 1.29 is 9.53 Å². The quantitative estimate of drug-likeness (QED) is 0.876. The number of halogens is 1. The number of nitrogens with zero attached hydrogens (tertiary/aromatic N) is 1. The fourth-order valence-electron chi connectivity index (χ4n) is 2.12. The summed E-state index contributed by atoms with van der Waals surface area (Å²) in [5, 5.41) is 0.519. The molecule has 0 heterocycles. The van der Waals surface area contributed by atoms with Gasteiger partial charge < -0.3 is 15.4 Å². The highest BCUT2D eigenvalue weighted by molar-refractivity contribution is 6.32. The fourth-order valence-corrected chi connectivity index (χ4v) is 2.37. The molecule has 0 spiro atoms. The first kappa shape index (κ1) is 15.1. The largest absolute Gasteiger partial charge is 0.482 e. The van der Waals surface area contributed by atoms with E-state index in [4.69, 9.17) is 22.1 Å². The highest BCUT2D eigenvalue weighted by Gasteiger charge is 2.29. The van der Waals surface area contributed by atoms with Gasteiger partial charge in [-0.3, -0.25) is 4.79 Å². The van der Waals surface area contributed by atoms with Gasteiger partial charge in [0.05, 0.1) is 5.02 Å². The topological polar surface area (TPSA) is 55.6 Å². The average Bonchev–Trinajstić information content (AvgIpc) is 3.20. The van der Waals surface area contributed by atoms with E-state index in [-0.39, 0.29) is 18.6 Å². The van der Waals surface area contributed by atoms with Crippen LogP contribution in [0, 0.1) is 0 Å². The molecule has 0 aromatic heterocycles. The summed E-state index contributed by atoms with van der Waals surface area (Å²) in [4.78, 5) is 13.7. The second-order valence-electron chi connectivity index (χ2n) is 5.43. The van der Waals surface area contributed by atoms with E-state index in [2.05, 4.69) is 0 Å². The van der Waals surface area contributed by atoms with Crippen molar-refractivity contribution in [3.63, 3.8) is 0 Å². The molecule has 1 aliphatic rings. The summed E-state index contributed by atoms with van der Waals surface area (Å²) in [6, 6.07) is 5.96. The van der Waals surface area contributed by atoms with E-state index in [0.717, 1.165) is 18.4 Å². The van der Waals surface area contributed by atoms with Gasteiger partial charge in [-0.05, 0) is 37.8 Å². The number of likely N-dealkylation sites (N-methyl/N-ethyl adjacent to an activating group) is 1. The van der Waals surface area contributed by atoms with Gasteiger partial charge in [0.25, 0.3) is 5.91 Å². The number of rotatable bonds is 6. The minimum atomic E-state index is -0.0147. The number of carbonyl (C=O) groups is 1. The van der Waals surface area contributed by atoms with Crippen molar-refractivity contribution in [3.8, 4) is 5.75 Å². The molecule has 1 atom stereocenters. The van der Waals surface area contributed by atoms with Gasteiger partial charge in [-0.1, -0.05) is 23.7 Å². The van der Waals surface area contributed by atoms with Crippen LogP contribution >= 0.6 is 11.6 Å². The predicted molar refractivity (Wildman–Crippen MR) is 80.1 cm³/mol. The highest BCUT2D eigenvalue weighted by Crippen LogP contribution is 2.30. The third-order valence-electron chi connectivity index (χ3n) is 3.42. The summed E-state index contributed by atoms with van der Waals surface area (Å²) in [5.41, 5.74) is 6.76. The zero-order chi connectivity index (χ0) is 14.7. The van der Waals surface area contributed by atoms with Gasteiger partial charge in [0.1, 0.15) is 5.75 Å². The highest BCUT2D eigenvalue weighted by atomic mass is 35.5. The van der Waals surface area contributed by atoms with Crippen LogP contribution in [0.2, 0.25) is 5.02 Å². The van der Waals surface area contributed by atoms with E-state index in [1.54, 1.807) is 11.0 Å². The van der Waals surface area contributed by atoms with Gasteiger partial charge >= 0.3 is 0 Å². The van der Waals surface area contributed by atoms with Crippen LogP contribution in [0.3, 0.4) is 0 Å². The van der Waals surface area contributed by atoms with Crippen molar-refractivity contribution in [3.05, 3.63) is 28.8 Å². The van der Waals surface area contributed by atoms with Gasteiger partial charge in [-0.15, -0.1) is 0 Å². The summed E-state index contributed by atoms with van der Waals surface area (Å²) in [6.45, 7) is 1.94. The number of nitrogens with two attached hydrogens (primary N) is 1. The Bertz CT molecular complexity index is 487. The third kappa shape index (κ3) is 3.87. The Kier molecular flexibility index (Phi) is 4.89. The van der Waals surface area contributed by atoms with Crippen LogP contribution in [0.5, 0.6) is 5.75 Å². The molecule has 1 aromatic rings. The lowest BCUT2D eigenvalue weighted by Gasteiger charge is -2.18. The zero-order valence-electron chi connectivity index (χ0n) is 11.9. The number of benzene rings is 1. The molecule has 2 N–H and O–H groups in total. The first-order valence-electron chi connectivity index (χ1n) is 6.90. The van der Waals surface area contributed by atoms with Crippen molar-refractivity contribution >= 4 is 17.5 Å². The smallest absolute Gasteiger partial charge is 0.260 e. The van der Waals surface area contributed by atoms with Crippen LogP contribution in [0.4, 0.5) is 0 Å². The lowest BCUT2D eigenvalue weighted by molar-refractivity contribution is -0.132. The Hall–Kier alpha value is -1.26. The number of ether oxygens (including phenoxy) is 1. The van der Waals surface area contributed by atoms with Crippen LogP contribution in [0.1, 0.15) is 25.3 Å². The molecule has 5 heteroatoms. The zero-order valence-corrected chi connectivity index (χ0v) is 12.7. The van der Waals surface area contributed by atoms with Gasteiger partial charge in [0.15, 0.2) is 6.61 Å². The molecule has 1 fully saturated rings. The molecule has 2 rings (SSSR count). The average molecular weight is 297 g/mol. The second-order valence-corrected chi connectivity index (χ2v) is 5.84. The Labute approximate surface area is 124 Å². The predicted octanol–water partition coefficient (Wildman–Crippen LogP) is 2.23. The number of para-hydroxylation sites is 1. The van der Waals surface area contributed by atoms with Gasteiger partial charge in [-0.25, -0.2) is 0 Å². The van der Waals surface area contributed by atoms with Crippen LogP contribution in [0.15, 0.2) is 18.2 Å². The van der Waals surface area contributed by atoms with Gasteiger partial charge in [0.2, 0.25) is 0 Å². The van der Waals surface area contributed by atoms with E-state index >= 15 is 0 Å². The minimum Gasteiger partial charge on any atom is -0.482 e. The molecule has 0 aliphatic heterocycles. The summed E-state index contributed by atoms with van der Waals surface area (Å²) < 4.78 is 5.65. The van der Waals surface area contributed by atoms with E-state index in [1.165, 1.54) is 0 Å². The first-order chi connectivity index (χ1) is 9.49. The molecule has 0 radical (unpaired) electrons. The molecule has 1 amide bonds. The SMILES string of the molecule is CC(N)Cc1cccc(Cl)c1OCC(=O)N(C)C1CC1. The maximum Gasteiger partial charge on any atom is 0.260 e. The van der Waals surface area contributed by atoms with Crippen LogP contribution < -0.4 is 10.5 Å². The van der Waals surface area contributed by atoms with Crippen LogP contribution in [0.25, 0.3) is 0 Å². The van der Waals surface area contributed by atoms with E-state index in [9.17, 15) is 4.79 Å². The van der Waals surface area contributed by atoms with E-state index in [1.807, 2.05) is 26.1 Å². The third-order valence-corrected chi connectivity index (χ3v) is 3.72. The Morgan fingerprint density at radius 2 is 2.25 bits per heavy atom. The minimum absolute atomic E-state index is 0.0145. The van der Waals surface area contributed by atoms with Crippen molar-refractivity contribution in [1.29, 1.82) is 0 Å². The van der Waals surface area contributed by atoms with Crippen LogP contribution in [-0.4, -0.2) is 36.5 Å². The van der Waals surface area contributed by atoms with Crippen molar-refractivity contribution in [1.82, 2.24) is 4.90 Å². The number of hydrogen-bond acceptors (Lipinski definition) is 3. The molecule has 20 heavy (non-hydrogen) atoms. The molecule has 0 saturated heterocycles. The van der Waals surface area contributed by atoms with E-state index < -0.39 is 0 Å². The van der Waals surface area contributed by atoms with Crippen molar-refractivity contribution in [2.45, 2.75) is 38.3 Å². The summed E-state index contributed by atoms with van der Waals surface area (Å²) in [6.07, 6.45) is 2.84. The maximum absolute atomic E-state index is 12.0.